The van der Waals surface area contributed by atoms with Crippen LogP contribution in [0.4, 0.5) is 0 Å². The molecule has 0 amide bonds. The van der Waals surface area contributed by atoms with E-state index in [4.69, 9.17) is 0 Å². The van der Waals surface area contributed by atoms with Crippen LogP contribution in [-0.4, -0.2) is 26.4 Å². The maximum absolute atomic E-state index is 11.9. The second-order valence-corrected chi connectivity index (χ2v) is 7.69. The van der Waals surface area contributed by atoms with Gasteiger partial charge in [0, 0.05) is 5.56 Å². The van der Waals surface area contributed by atoms with Gasteiger partial charge in [0.1, 0.15) is 6.10 Å². The number of Topliss-reactive ketones (excluding diaryl/α,β-unsaturated/α-hetero) is 1. The van der Waals surface area contributed by atoms with E-state index in [0.29, 0.717) is 11.1 Å². The number of ketones is 1. The molecule has 0 saturated carbocycles. The van der Waals surface area contributed by atoms with E-state index in [-0.39, 0.29) is 10.7 Å². The van der Waals surface area contributed by atoms with Gasteiger partial charge in [-0.25, -0.2) is 0 Å². The first-order chi connectivity index (χ1) is 13.3. The topological polar surface area (TPSA) is 80.7 Å². The lowest BCUT2D eigenvalue weighted by atomic mass is 10.0. The molecule has 0 radical (unpaired) electrons. The second kappa shape index (κ2) is 9.94. The van der Waals surface area contributed by atoms with Crippen LogP contribution < -0.4 is 0 Å². The summed E-state index contributed by atoms with van der Waals surface area (Å²) in [6.45, 7) is 1.89. The minimum Gasteiger partial charge on any atom is -0.380 e. The number of carbonyl (C=O) groups excluding carboxylic acids is 1. The highest BCUT2D eigenvalue weighted by Crippen LogP contribution is 2.17. The van der Waals surface area contributed by atoms with E-state index < -0.39 is 16.2 Å². The van der Waals surface area contributed by atoms with Crippen LogP contribution in [-0.2, 0) is 14.3 Å². The molecule has 0 saturated heterocycles. The molecular weight excluding hydrogens is 376 g/mol. The Balaban J connectivity index is 0.000000209. The lowest BCUT2D eigenvalue weighted by molar-refractivity contribution is 0.0747. The number of hydrogen-bond donors (Lipinski definition) is 1. The average Bonchev–Trinajstić information content (AvgIpc) is 2.74. The van der Waals surface area contributed by atoms with Crippen LogP contribution in [0, 0.1) is 6.92 Å². The van der Waals surface area contributed by atoms with Crippen molar-refractivity contribution in [3.05, 3.63) is 102 Å². The molecule has 0 fully saturated rings. The van der Waals surface area contributed by atoms with E-state index in [1.165, 1.54) is 12.1 Å². The summed E-state index contributed by atoms with van der Waals surface area (Å²) in [5.41, 5.74) is 2.17. The van der Waals surface area contributed by atoms with Gasteiger partial charge in [-0.15, -0.1) is 0 Å². The number of aliphatic hydroxyl groups excluding tert-OH is 1. The molecule has 1 unspecified atom stereocenters. The molecule has 6 heteroatoms. The highest BCUT2D eigenvalue weighted by Gasteiger charge is 2.18. The number of hydrogen-bond acceptors (Lipinski definition) is 5. The summed E-state index contributed by atoms with van der Waals surface area (Å²) in [6, 6.07) is 24.2. The maximum Gasteiger partial charge on any atom is 0.296 e. The van der Waals surface area contributed by atoms with E-state index in [0.717, 1.165) is 12.7 Å². The summed E-state index contributed by atoms with van der Waals surface area (Å²) >= 11 is 0. The summed E-state index contributed by atoms with van der Waals surface area (Å²) < 4.78 is 26.5. The van der Waals surface area contributed by atoms with Gasteiger partial charge >= 0.3 is 0 Å². The Bertz CT molecular complexity index is 982. The Labute approximate surface area is 165 Å². The summed E-state index contributed by atoms with van der Waals surface area (Å²) in [7, 11) is -2.37. The molecule has 0 bridgehead atoms. The molecular formula is C22H22O5S. The lowest BCUT2D eigenvalue weighted by Gasteiger charge is -2.09. The van der Waals surface area contributed by atoms with Gasteiger partial charge in [0.15, 0.2) is 5.78 Å². The molecule has 1 N–H and O–H groups in total. The van der Waals surface area contributed by atoms with Crippen LogP contribution >= 0.6 is 0 Å². The van der Waals surface area contributed by atoms with Gasteiger partial charge in [-0.2, -0.15) is 8.42 Å². The highest BCUT2D eigenvalue weighted by molar-refractivity contribution is 7.86. The van der Waals surface area contributed by atoms with Crippen molar-refractivity contribution in [1.82, 2.24) is 0 Å². The monoisotopic (exact) mass is 398 g/mol. The SMILES string of the molecule is COS(=O)(=O)c1ccc(C)cc1.O=C(c1ccccc1)C(O)c1ccccc1. The van der Waals surface area contributed by atoms with Crippen molar-refractivity contribution in [2.24, 2.45) is 0 Å². The number of aryl methyl sites for hydroxylation is 1. The van der Waals surface area contributed by atoms with E-state index in [9.17, 15) is 18.3 Å². The third kappa shape index (κ3) is 5.85. The van der Waals surface area contributed by atoms with Crippen LogP contribution in [0.25, 0.3) is 0 Å². The molecule has 1 atom stereocenters. The first kappa shape index (κ1) is 21.5. The van der Waals surface area contributed by atoms with Gasteiger partial charge in [-0.1, -0.05) is 78.4 Å². The fourth-order valence-corrected chi connectivity index (χ4v) is 3.01. The smallest absolute Gasteiger partial charge is 0.296 e. The predicted molar refractivity (Wildman–Crippen MR) is 108 cm³/mol. The minimum absolute atomic E-state index is 0.190. The Kier molecular flexibility index (Phi) is 7.63. The van der Waals surface area contributed by atoms with Crippen LogP contribution in [0.15, 0.2) is 89.8 Å². The Morgan fingerprint density at radius 2 is 1.36 bits per heavy atom. The van der Waals surface area contributed by atoms with Gasteiger partial charge in [0.2, 0.25) is 0 Å². The van der Waals surface area contributed by atoms with Crippen molar-refractivity contribution >= 4 is 15.9 Å². The van der Waals surface area contributed by atoms with Crippen LogP contribution in [0.3, 0.4) is 0 Å². The number of benzene rings is 3. The van der Waals surface area contributed by atoms with Crippen molar-refractivity contribution in [2.75, 3.05) is 7.11 Å². The van der Waals surface area contributed by atoms with Crippen molar-refractivity contribution in [1.29, 1.82) is 0 Å². The quantitative estimate of drug-likeness (QED) is 0.520. The summed E-state index contributed by atoms with van der Waals surface area (Å²) in [6.07, 6.45) is -1.08. The highest BCUT2D eigenvalue weighted by atomic mass is 32.2. The van der Waals surface area contributed by atoms with Crippen molar-refractivity contribution in [3.8, 4) is 0 Å². The van der Waals surface area contributed by atoms with Crippen LogP contribution in [0.1, 0.15) is 27.6 Å². The first-order valence-corrected chi connectivity index (χ1v) is 9.95. The maximum atomic E-state index is 11.9. The molecule has 5 nitrogen and oxygen atoms in total. The Morgan fingerprint density at radius 1 is 0.857 bits per heavy atom. The van der Waals surface area contributed by atoms with Crippen molar-refractivity contribution < 1.29 is 22.5 Å². The molecule has 3 rings (SSSR count). The molecule has 3 aromatic carbocycles. The standard InChI is InChI=1S/C14H12O2.C8H10O3S/c15-13(11-7-3-1-4-8-11)14(16)12-9-5-2-6-10-12;1-7-3-5-8(6-4-7)12(9,10)11-2/h1-10,13,15H;3-6H,1-2H3. The molecule has 0 aliphatic carbocycles. The fourth-order valence-electron chi connectivity index (χ4n) is 2.35. The van der Waals surface area contributed by atoms with Gasteiger partial charge in [0.25, 0.3) is 10.1 Å². The Morgan fingerprint density at radius 3 is 1.86 bits per heavy atom. The number of aliphatic hydroxyl groups is 1. The van der Waals surface area contributed by atoms with E-state index >= 15 is 0 Å². The zero-order valence-electron chi connectivity index (χ0n) is 15.6. The summed E-state index contributed by atoms with van der Waals surface area (Å²) in [5.74, 6) is -0.271. The largest absolute Gasteiger partial charge is 0.380 e. The van der Waals surface area contributed by atoms with Gasteiger partial charge in [-0.3, -0.25) is 8.98 Å². The number of rotatable bonds is 5. The average molecular weight is 398 g/mol. The van der Waals surface area contributed by atoms with Gasteiger partial charge in [0.05, 0.1) is 12.0 Å². The zero-order chi connectivity index (χ0) is 20.6. The molecule has 146 valence electrons. The lowest BCUT2D eigenvalue weighted by Crippen LogP contribution is -2.11. The van der Waals surface area contributed by atoms with E-state index in [1.807, 2.05) is 19.1 Å². The molecule has 3 aromatic rings. The van der Waals surface area contributed by atoms with Crippen LogP contribution in [0.2, 0.25) is 0 Å². The normalized spacial score (nSPS) is 11.8. The summed E-state index contributed by atoms with van der Waals surface area (Å²) in [4.78, 5) is 12.1. The number of carbonyl (C=O) groups is 1. The zero-order valence-corrected chi connectivity index (χ0v) is 16.5. The van der Waals surface area contributed by atoms with Crippen molar-refractivity contribution in [2.45, 2.75) is 17.9 Å². The molecule has 0 aliphatic heterocycles. The molecule has 0 aliphatic rings. The second-order valence-electron chi connectivity index (χ2n) is 5.98. The molecule has 0 spiro atoms. The molecule has 28 heavy (non-hydrogen) atoms. The van der Waals surface area contributed by atoms with E-state index in [2.05, 4.69) is 4.18 Å². The molecule has 0 heterocycles. The van der Waals surface area contributed by atoms with Gasteiger partial charge in [-0.05, 0) is 24.6 Å². The third-order valence-electron chi connectivity index (χ3n) is 3.95. The minimum atomic E-state index is -3.51. The van der Waals surface area contributed by atoms with Crippen molar-refractivity contribution in [3.63, 3.8) is 0 Å². The predicted octanol–water partition coefficient (Wildman–Crippen LogP) is 3.93. The first-order valence-electron chi connectivity index (χ1n) is 8.54. The third-order valence-corrected chi connectivity index (χ3v) is 5.24. The molecule has 0 aromatic heterocycles. The van der Waals surface area contributed by atoms with Crippen LogP contribution in [0.5, 0.6) is 0 Å². The summed E-state index contributed by atoms with van der Waals surface area (Å²) in [5, 5.41) is 9.89. The fraction of sp³-hybridized carbons (Fsp3) is 0.136. The Hall–Kier alpha value is -2.80. The van der Waals surface area contributed by atoms with E-state index in [1.54, 1.807) is 60.7 Å². The van der Waals surface area contributed by atoms with Gasteiger partial charge < -0.3 is 5.11 Å².